The summed E-state index contributed by atoms with van der Waals surface area (Å²) in [5.41, 5.74) is 2.22. The van der Waals surface area contributed by atoms with Crippen molar-refractivity contribution in [2.24, 2.45) is 0 Å². The number of methoxy groups -OCH3 is 1. The van der Waals surface area contributed by atoms with Gasteiger partial charge in [-0.2, -0.15) is 0 Å². The van der Waals surface area contributed by atoms with E-state index >= 15 is 0 Å². The van der Waals surface area contributed by atoms with Crippen LogP contribution in [0.4, 0.5) is 0 Å². The molecule has 124 valence electrons. The summed E-state index contributed by atoms with van der Waals surface area (Å²) in [6, 6.07) is 14.4. The van der Waals surface area contributed by atoms with E-state index in [-0.39, 0.29) is 0 Å². The molecule has 4 rings (SSSR count). The average molecular weight is 324 g/mol. The van der Waals surface area contributed by atoms with Crippen molar-refractivity contribution in [3.8, 4) is 17.3 Å². The summed E-state index contributed by atoms with van der Waals surface area (Å²) in [6.45, 7) is 1.83. The predicted octanol–water partition coefficient (Wildman–Crippen LogP) is 4.28. The Morgan fingerprint density at radius 2 is 2.17 bits per heavy atom. The minimum atomic E-state index is 0.392. The van der Waals surface area contributed by atoms with Crippen molar-refractivity contribution in [2.45, 2.75) is 25.4 Å². The number of likely N-dealkylation sites (tertiary alicyclic amines) is 1. The van der Waals surface area contributed by atoms with E-state index in [9.17, 15) is 0 Å². The second-order valence-electron chi connectivity index (χ2n) is 6.06. The molecule has 2 aromatic heterocycles. The molecule has 1 atom stereocenters. The molecular formula is C19H20N2O3. The van der Waals surface area contributed by atoms with Gasteiger partial charge in [-0.15, -0.1) is 0 Å². The zero-order chi connectivity index (χ0) is 16.4. The van der Waals surface area contributed by atoms with Gasteiger partial charge in [-0.3, -0.25) is 4.90 Å². The van der Waals surface area contributed by atoms with Crippen molar-refractivity contribution in [3.63, 3.8) is 0 Å². The average Bonchev–Trinajstić information content (AvgIpc) is 3.36. The number of ether oxygens (including phenoxy) is 1. The Morgan fingerprint density at radius 1 is 1.21 bits per heavy atom. The van der Waals surface area contributed by atoms with Gasteiger partial charge in [0.2, 0.25) is 5.76 Å². The molecule has 1 aliphatic rings. The van der Waals surface area contributed by atoms with Gasteiger partial charge in [-0.05, 0) is 49.2 Å². The molecule has 1 aromatic carbocycles. The summed E-state index contributed by atoms with van der Waals surface area (Å²) in [6.07, 6.45) is 3.97. The van der Waals surface area contributed by atoms with Gasteiger partial charge in [0.05, 0.1) is 19.1 Å². The number of aromatic nitrogens is 1. The van der Waals surface area contributed by atoms with E-state index in [1.807, 2.05) is 24.3 Å². The molecule has 0 saturated carbocycles. The SMILES string of the molecule is COc1cccc([C@H]2CCCN2Cc2cc(-c3ccco3)on2)c1. The topological polar surface area (TPSA) is 51.6 Å². The minimum absolute atomic E-state index is 0.392. The second kappa shape index (κ2) is 6.53. The van der Waals surface area contributed by atoms with Crippen LogP contribution in [0.3, 0.4) is 0 Å². The molecule has 0 aliphatic carbocycles. The summed E-state index contributed by atoms with van der Waals surface area (Å²) in [7, 11) is 1.71. The quantitative estimate of drug-likeness (QED) is 0.701. The highest BCUT2D eigenvalue weighted by molar-refractivity contribution is 5.49. The number of rotatable bonds is 5. The lowest BCUT2D eigenvalue weighted by atomic mass is 10.0. The van der Waals surface area contributed by atoms with Gasteiger partial charge in [-0.25, -0.2) is 0 Å². The molecule has 0 amide bonds. The smallest absolute Gasteiger partial charge is 0.202 e. The Morgan fingerprint density at radius 3 is 3.00 bits per heavy atom. The van der Waals surface area contributed by atoms with Crippen molar-refractivity contribution in [3.05, 3.63) is 60.0 Å². The molecule has 0 bridgehead atoms. The van der Waals surface area contributed by atoms with Crippen LogP contribution >= 0.6 is 0 Å². The van der Waals surface area contributed by atoms with Crippen molar-refractivity contribution in [2.75, 3.05) is 13.7 Å². The van der Waals surface area contributed by atoms with Crippen LogP contribution in [0.25, 0.3) is 11.5 Å². The largest absolute Gasteiger partial charge is 0.497 e. The fourth-order valence-corrected chi connectivity index (χ4v) is 3.37. The maximum atomic E-state index is 5.41. The summed E-state index contributed by atoms with van der Waals surface area (Å²) >= 11 is 0. The van der Waals surface area contributed by atoms with Gasteiger partial charge in [0.1, 0.15) is 5.75 Å². The molecular weight excluding hydrogens is 304 g/mol. The lowest BCUT2D eigenvalue weighted by Gasteiger charge is -2.24. The van der Waals surface area contributed by atoms with Crippen LogP contribution < -0.4 is 4.74 Å². The van der Waals surface area contributed by atoms with Gasteiger partial charge >= 0.3 is 0 Å². The third kappa shape index (κ3) is 2.95. The van der Waals surface area contributed by atoms with Crippen molar-refractivity contribution >= 4 is 0 Å². The van der Waals surface area contributed by atoms with Gasteiger partial charge in [0, 0.05) is 18.7 Å². The zero-order valence-corrected chi connectivity index (χ0v) is 13.6. The first-order chi connectivity index (χ1) is 11.8. The van der Waals surface area contributed by atoms with E-state index in [2.05, 4.69) is 28.3 Å². The molecule has 5 nitrogen and oxygen atoms in total. The van der Waals surface area contributed by atoms with Gasteiger partial charge in [-0.1, -0.05) is 17.3 Å². The van der Waals surface area contributed by atoms with Crippen LogP contribution in [0, 0.1) is 0 Å². The predicted molar refractivity (Wildman–Crippen MR) is 89.6 cm³/mol. The summed E-state index contributed by atoms with van der Waals surface area (Å²) in [5.74, 6) is 2.28. The Labute approximate surface area is 140 Å². The van der Waals surface area contributed by atoms with Gasteiger partial charge in [0.25, 0.3) is 0 Å². The van der Waals surface area contributed by atoms with E-state index in [4.69, 9.17) is 13.7 Å². The summed E-state index contributed by atoms with van der Waals surface area (Å²) < 4.78 is 16.1. The van der Waals surface area contributed by atoms with Crippen LogP contribution in [-0.2, 0) is 6.54 Å². The molecule has 0 unspecified atom stereocenters. The van der Waals surface area contributed by atoms with Crippen molar-refractivity contribution in [1.29, 1.82) is 0 Å². The Balaban J connectivity index is 1.51. The lowest BCUT2D eigenvalue weighted by Crippen LogP contribution is -2.22. The fourth-order valence-electron chi connectivity index (χ4n) is 3.37. The van der Waals surface area contributed by atoms with Crippen LogP contribution in [0.5, 0.6) is 5.75 Å². The highest BCUT2D eigenvalue weighted by Crippen LogP contribution is 2.34. The molecule has 1 fully saturated rings. The highest BCUT2D eigenvalue weighted by Gasteiger charge is 2.27. The fraction of sp³-hybridized carbons (Fsp3) is 0.316. The standard InChI is InChI=1S/C19H20N2O3/c1-22-16-6-2-5-14(11-16)17-7-3-9-21(17)13-15-12-19(24-20-15)18-8-4-10-23-18/h2,4-6,8,10-12,17H,3,7,9,13H2,1H3/t17-/m1/s1. The normalized spacial score (nSPS) is 18.1. The molecule has 3 heterocycles. The van der Waals surface area contributed by atoms with E-state index in [1.165, 1.54) is 12.0 Å². The molecule has 3 aromatic rings. The van der Waals surface area contributed by atoms with Crippen LogP contribution in [-0.4, -0.2) is 23.7 Å². The van der Waals surface area contributed by atoms with Crippen LogP contribution in [0.1, 0.15) is 30.1 Å². The number of hydrogen-bond acceptors (Lipinski definition) is 5. The molecule has 1 saturated heterocycles. The Kier molecular flexibility index (Phi) is 4.09. The number of furan rings is 1. The van der Waals surface area contributed by atoms with Crippen LogP contribution in [0.15, 0.2) is 57.7 Å². The zero-order valence-electron chi connectivity index (χ0n) is 13.6. The van der Waals surface area contributed by atoms with Crippen LogP contribution in [0.2, 0.25) is 0 Å². The molecule has 0 spiro atoms. The third-order valence-electron chi connectivity index (χ3n) is 4.53. The number of nitrogens with zero attached hydrogens (tertiary/aromatic N) is 2. The Hall–Kier alpha value is -2.53. The lowest BCUT2D eigenvalue weighted by molar-refractivity contribution is 0.240. The van der Waals surface area contributed by atoms with E-state index in [0.717, 1.165) is 31.0 Å². The molecule has 24 heavy (non-hydrogen) atoms. The van der Waals surface area contributed by atoms with E-state index in [1.54, 1.807) is 13.4 Å². The summed E-state index contributed by atoms with van der Waals surface area (Å²) in [4.78, 5) is 2.44. The molecule has 0 N–H and O–H groups in total. The van der Waals surface area contributed by atoms with Crippen molar-refractivity contribution in [1.82, 2.24) is 10.1 Å². The third-order valence-corrected chi connectivity index (χ3v) is 4.53. The Bertz CT molecular complexity index is 795. The number of hydrogen-bond donors (Lipinski definition) is 0. The highest BCUT2D eigenvalue weighted by atomic mass is 16.5. The van der Waals surface area contributed by atoms with E-state index in [0.29, 0.717) is 17.6 Å². The summed E-state index contributed by atoms with van der Waals surface area (Å²) in [5, 5.41) is 4.20. The molecule has 1 aliphatic heterocycles. The maximum absolute atomic E-state index is 5.41. The monoisotopic (exact) mass is 324 g/mol. The van der Waals surface area contributed by atoms with Crippen molar-refractivity contribution < 1.29 is 13.7 Å². The first kappa shape index (κ1) is 15.0. The minimum Gasteiger partial charge on any atom is -0.497 e. The maximum Gasteiger partial charge on any atom is 0.202 e. The van der Waals surface area contributed by atoms with Gasteiger partial charge < -0.3 is 13.7 Å². The van der Waals surface area contributed by atoms with Gasteiger partial charge in [0.15, 0.2) is 5.76 Å². The first-order valence-electron chi connectivity index (χ1n) is 8.21. The molecule has 0 radical (unpaired) electrons. The van der Waals surface area contributed by atoms with E-state index < -0.39 is 0 Å². The second-order valence-corrected chi connectivity index (χ2v) is 6.06. The first-order valence-corrected chi connectivity index (χ1v) is 8.21. The molecule has 5 heteroatoms. The number of benzene rings is 1.